The van der Waals surface area contributed by atoms with Crippen molar-refractivity contribution in [1.82, 2.24) is 10.2 Å². The van der Waals surface area contributed by atoms with Crippen LogP contribution in [0.2, 0.25) is 0 Å². The van der Waals surface area contributed by atoms with E-state index in [-0.39, 0.29) is 5.91 Å². The maximum absolute atomic E-state index is 12.5. The number of aromatic amines is 1. The molecule has 116 valence electrons. The third-order valence-corrected chi connectivity index (χ3v) is 3.63. The Balaban J connectivity index is 1.88. The molecule has 0 fully saturated rings. The van der Waals surface area contributed by atoms with Crippen molar-refractivity contribution in [1.29, 1.82) is 0 Å². The Morgan fingerprint density at radius 3 is 2.52 bits per heavy atom. The molecule has 2 aromatic carbocycles. The molecule has 23 heavy (non-hydrogen) atoms. The molecular weight excluding hydrogens is 290 g/mol. The van der Waals surface area contributed by atoms with Gasteiger partial charge >= 0.3 is 0 Å². The van der Waals surface area contributed by atoms with Crippen molar-refractivity contribution < 1.29 is 9.53 Å². The van der Waals surface area contributed by atoms with Gasteiger partial charge in [-0.05, 0) is 24.3 Å². The molecule has 0 bridgehead atoms. The zero-order chi connectivity index (χ0) is 16.2. The lowest BCUT2D eigenvalue weighted by atomic mass is 10.1. The Bertz CT molecular complexity index is 812. The van der Waals surface area contributed by atoms with Gasteiger partial charge < -0.3 is 4.74 Å². The Labute approximate surface area is 134 Å². The first-order chi connectivity index (χ1) is 11.2. The average molecular weight is 307 g/mol. The SMILES string of the molecule is COc1ccccc1-c1cc(N(C)C(=O)c2ccccc2)n[nH]1. The van der Waals surface area contributed by atoms with Crippen LogP contribution in [-0.2, 0) is 0 Å². The smallest absolute Gasteiger partial charge is 0.259 e. The summed E-state index contributed by atoms with van der Waals surface area (Å²) >= 11 is 0. The Morgan fingerprint density at radius 1 is 1.09 bits per heavy atom. The molecule has 5 nitrogen and oxygen atoms in total. The lowest BCUT2D eigenvalue weighted by molar-refractivity contribution is 0.0992. The summed E-state index contributed by atoms with van der Waals surface area (Å²) < 4.78 is 5.36. The van der Waals surface area contributed by atoms with E-state index in [9.17, 15) is 4.79 Å². The number of aromatic nitrogens is 2. The van der Waals surface area contributed by atoms with Crippen LogP contribution in [0.25, 0.3) is 11.3 Å². The molecule has 5 heteroatoms. The third kappa shape index (κ3) is 2.94. The summed E-state index contributed by atoms with van der Waals surface area (Å²) in [4.78, 5) is 14.0. The largest absolute Gasteiger partial charge is 0.496 e. The van der Waals surface area contributed by atoms with Crippen LogP contribution in [0.3, 0.4) is 0 Å². The highest BCUT2D eigenvalue weighted by atomic mass is 16.5. The molecule has 1 amide bonds. The van der Waals surface area contributed by atoms with Crippen molar-refractivity contribution in [2.75, 3.05) is 19.1 Å². The normalized spacial score (nSPS) is 10.3. The van der Waals surface area contributed by atoms with E-state index in [1.807, 2.05) is 48.5 Å². The van der Waals surface area contributed by atoms with Crippen molar-refractivity contribution in [3.8, 4) is 17.0 Å². The first kappa shape index (κ1) is 14.8. The summed E-state index contributed by atoms with van der Waals surface area (Å²) in [5.41, 5.74) is 2.32. The first-order valence-corrected chi connectivity index (χ1v) is 7.22. The molecule has 1 heterocycles. The van der Waals surface area contributed by atoms with Crippen LogP contribution in [-0.4, -0.2) is 30.3 Å². The first-order valence-electron chi connectivity index (χ1n) is 7.22. The summed E-state index contributed by atoms with van der Waals surface area (Å²) in [5, 5.41) is 7.20. The molecule has 0 atom stereocenters. The minimum atomic E-state index is -0.108. The number of para-hydroxylation sites is 1. The fourth-order valence-electron chi connectivity index (χ4n) is 2.37. The lowest BCUT2D eigenvalue weighted by Crippen LogP contribution is -2.26. The number of benzene rings is 2. The van der Waals surface area contributed by atoms with Crippen LogP contribution in [0.5, 0.6) is 5.75 Å². The predicted octanol–water partition coefficient (Wildman–Crippen LogP) is 3.36. The Morgan fingerprint density at radius 2 is 1.78 bits per heavy atom. The van der Waals surface area contributed by atoms with Gasteiger partial charge in [-0.2, -0.15) is 5.10 Å². The van der Waals surface area contributed by atoms with E-state index < -0.39 is 0 Å². The Kier molecular flexibility index (Phi) is 4.10. The molecule has 0 radical (unpaired) electrons. The third-order valence-electron chi connectivity index (χ3n) is 3.63. The fourth-order valence-corrected chi connectivity index (χ4v) is 2.37. The van der Waals surface area contributed by atoms with Crippen LogP contribution in [0.4, 0.5) is 5.82 Å². The quantitative estimate of drug-likeness (QED) is 0.804. The van der Waals surface area contributed by atoms with E-state index in [4.69, 9.17) is 4.74 Å². The highest BCUT2D eigenvalue weighted by molar-refractivity contribution is 6.05. The van der Waals surface area contributed by atoms with Crippen molar-refractivity contribution in [3.63, 3.8) is 0 Å². The number of H-pyrrole nitrogens is 1. The van der Waals surface area contributed by atoms with Crippen LogP contribution in [0.1, 0.15) is 10.4 Å². The number of nitrogens with one attached hydrogen (secondary N) is 1. The summed E-state index contributed by atoms with van der Waals surface area (Å²) in [6.45, 7) is 0. The van der Waals surface area contributed by atoms with E-state index in [2.05, 4.69) is 10.2 Å². The number of anilines is 1. The average Bonchev–Trinajstić information content (AvgIpc) is 3.11. The molecular formula is C18H17N3O2. The molecule has 1 aromatic heterocycles. The van der Waals surface area contributed by atoms with Gasteiger partial charge in [0.2, 0.25) is 0 Å². The van der Waals surface area contributed by atoms with Gasteiger partial charge in [-0.15, -0.1) is 0 Å². The second kappa shape index (κ2) is 6.36. The maximum atomic E-state index is 12.5. The number of methoxy groups -OCH3 is 1. The summed E-state index contributed by atoms with van der Waals surface area (Å²) in [6, 6.07) is 18.6. The maximum Gasteiger partial charge on any atom is 0.259 e. The van der Waals surface area contributed by atoms with Crippen molar-refractivity contribution in [3.05, 3.63) is 66.2 Å². The van der Waals surface area contributed by atoms with Gasteiger partial charge in [-0.25, -0.2) is 0 Å². The van der Waals surface area contributed by atoms with Gasteiger partial charge in [0, 0.05) is 24.2 Å². The predicted molar refractivity (Wildman–Crippen MR) is 89.8 cm³/mol. The van der Waals surface area contributed by atoms with E-state index in [1.165, 1.54) is 4.90 Å². The number of ether oxygens (including phenoxy) is 1. The molecule has 3 aromatic rings. The van der Waals surface area contributed by atoms with E-state index in [0.29, 0.717) is 11.4 Å². The highest BCUT2D eigenvalue weighted by Crippen LogP contribution is 2.30. The van der Waals surface area contributed by atoms with Gasteiger partial charge in [0.1, 0.15) is 5.75 Å². The topological polar surface area (TPSA) is 58.2 Å². The molecule has 0 saturated heterocycles. The molecule has 3 rings (SSSR count). The van der Waals surface area contributed by atoms with Gasteiger partial charge in [-0.3, -0.25) is 14.8 Å². The second-order valence-corrected chi connectivity index (χ2v) is 5.07. The summed E-state index contributed by atoms with van der Waals surface area (Å²) in [6.07, 6.45) is 0. The van der Waals surface area contributed by atoms with E-state index in [0.717, 1.165) is 17.0 Å². The van der Waals surface area contributed by atoms with Crippen molar-refractivity contribution in [2.45, 2.75) is 0 Å². The summed E-state index contributed by atoms with van der Waals surface area (Å²) in [5.74, 6) is 1.20. The molecule has 0 aliphatic heterocycles. The van der Waals surface area contributed by atoms with Crippen LogP contribution in [0, 0.1) is 0 Å². The van der Waals surface area contributed by atoms with Gasteiger partial charge in [-0.1, -0.05) is 30.3 Å². The standard InChI is InChI=1S/C18H17N3O2/c1-21(18(22)13-8-4-3-5-9-13)17-12-15(19-20-17)14-10-6-7-11-16(14)23-2/h3-12H,1-2H3,(H,19,20). The van der Waals surface area contributed by atoms with Crippen LogP contribution in [0.15, 0.2) is 60.7 Å². The molecule has 0 aliphatic carbocycles. The highest BCUT2D eigenvalue weighted by Gasteiger charge is 2.17. The number of hydrogen-bond acceptors (Lipinski definition) is 3. The minimum Gasteiger partial charge on any atom is -0.496 e. The number of rotatable bonds is 4. The zero-order valence-electron chi connectivity index (χ0n) is 13.0. The minimum absolute atomic E-state index is 0.108. The molecule has 0 spiro atoms. The molecule has 0 saturated carbocycles. The Hall–Kier alpha value is -3.08. The molecule has 0 aliphatic rings. The van der Waals surface area contributed by atoms with Gasteiger partial charge in [0.15, 0.2) is 5.82 Å². The number of carbonyl (C=O) groups is 1. The lowest BCUT2D eigenvalue weighted by Gasteiger charge is -2.13. The molecule has 1 N–H and O–H groups in total. The molecule has 0 unspecified atom stereocenters. The number of amides is 1. The number of carbonyl (C=O) groups excluding carboxylic acids is 1. The second-order valence-electron chi connectivity index (χ2n) is 5.07. The van der Waals surface area contributed by atoms with E-state index >= 15 is 0 Å². The monoisotopic (exact) mass is 307 g/mol. The summed E-state index contributed by atoms with van der Waals surface area (Å²) in [7, 11) is 3.33. The van der Waals surface area contributed by atoms with Crippen LogP contribution >= 0.6 is 0 Å². The fraction of sp³-hybridized carbons (Fsp3) is 0.111. The number of nitrogens with zero attached hydrogens (tertiary/aromatic N) is 2. The number of hydrogen-bond donors (Lipinski definition) is 1. The van der Waals surface area contributed by atoms with E-state index in [1.54, 1.807) is 26.3 Å². The van der Waals surface area contributed by atoms with Gasteiger partial charge in [0.25, 0.3) is 5.91 Å². The van der Waals surface area contributed by atoms with Gasteiger partial charge in [0.05, 0.1) is 12.8 Å². The van der Waals surface area contributed by atoms with Crippen molar-refractivity contribution in [2.24, 2.45) is 0 Å². The zero-order valence-corrected chi connectivity index (χ0v) is 13.0. The van der Waals surface area contributed by atoms with Crippen molar-refractivity contribution >= 4 is 11.7 Å². The van der Waals surface area contributed by atoms with Crippen LogP contribution < -0.4 is 9.64 Å².